The Balaban J connectivity index is 1.56. The quantitative estimate of drug-likeness (QED) is 0.207. The Morgan fingerprint density at radius 2 is 1.68 bits per heavy atom. The molecule has 6 nitrogen and oxygen atoms in total. The first-order valence-electron chi connectivity index (χ1n) is 12.0. The molecule has 0 aliphatic carbocycles. The number of anilines is 1. The number of para-hydroxylation sites is 1. The molecule has 0 spiro atoms. The highest BCUT2D eigenvalue weighted by Crippen LogP contribution is 2.43. The number of aryl methyl sites for hydroxylation is 2. The number of pyridine rings is 1. The van der Waals surface area contributed by atoms with E-state index in [4.69, 9.17) is 4.74 Å². The van der Waals surface area contributed by atoms with E-state index in [2.05, 4.69) is 4.98 Å². The van der Waals surface area contributed by atoms with E-state index in [0.29, 0.717) is 29.2 Å². The first-order valence-corrected chi connectivity index (χ1v) is 12.0. The maximum Gasteiger partial charge on any atom is 0.300 e. The lowest BCUT2D eigenvalue weighted by molar-refractivity contribution is -0.132. The molecule has 1 fully saturated rings. The Bertz CT molecular complexity index is 1500. The van der Waals surface area contributed by atoms with Crippen LogP contribution in [-0.2, 0) is 16.2 Å². The van der Waals surface area contributed by atoms with Gasteiger partial charge in [0.1, 0.15) is 18.1 Å². The smallest absolute Gasteiger partial charge is 0.300 e. The van der Waals surface area contributed by atoms with Crippen LogP contribution in [0.5, 0.6) is 5.75 Å². The minimum atomic E-state index is -0.816. The van der Waals surface area contributed by atoms with Gasteiger partial charge in [-0.2, -0.15) is 0 Å². The van der Waals surface area contributed by atoms with Crippen molar-refractivity contribution in [1.82, 2.24) is 4.98 Å². The van der Waals surface area contributed by atoms with Crippen LogP contribution in [0.3, 0.4) is 0 Å². The summed E-state index contributed by atoms with van der Waals surface area (Å²) in [6, 6.07) is 25.2. The highest BCUT2D eigenvalue weighted by molar-refractivity contribution is 6.51. The summed E-state index contributed by atoms with van der Waals surface area (Å²) in [4.78, 5) is 32.3. The molecule has 1 saturated heterocycles. The highest BCUT2D eigenvalue weighted by Gasteiger charge is 2.47. The van der Waals surface area contributed by atoms with Crippen LogP contribution < -0.4 is 9.64 Å². The number of amides is 1. The number of benzene rings is 3. The number of ether oxygens (including phenoxy) is 1. The summed E-state index contributed by atoms with van der Waals surface area (Å²) in [5.74, 6) is -0.994. The van der Waals surface area contributed by atoms with Crippen molar-refractivity contribution < 1.29 is 19.4 Å². The zero-order valence-electron chi connectivity index (χ0n) is 20.6. The highest BCUT2D eigenvalue weighted by atomic mass is 16.5. The average molecular weight is 491 g/mol. The predicted molar refractivity (Wildman–Crippen MR) is 142 cm³/mol. The van der Waals surface area contributed by atoms with Crippen molar-refractivity contribution in [3.05, 3.63) is 131 Å². The third-order valence-corrected chi connectivity index (χ3v) is 6.51. The average Bonchev–Trinajstić information content (AvgIpc) is 3.19. The fourth-order valence-corrected chi connectivity index (χ4v) is 4.62. The second-order valence-electron chi connectivity index (χ2n) is 9.00. The number of aromatic nitrogens is 1. The number of carbonyl (C=O) groups is 2. The molecule has 1 N–H and O–H groups in total. The molecule has 1 aliphatic heterocycles. The van der Waals surface area contributed by atoms with Crippen LogP contribution >= 0.6 is 0 Å². The largest absolute Gasteiger partial charge is 0.507 e. The SMILES string of the molecule is Cc1cc(/C(O)=C2/C(=O)C(=O)N(c3ccccc3C)C2c2cccnc2)ccc1OCc1ccccc1. The number of aliphatic hydroxyl groups is 1. The van der Waals surface area contributed by atoms with Crippen molar-refractivity contribution in [1.29, 1.82) is 0 Å². The molecule has 5 rings (SSSR count). The Hall–Kier alpha value is -4.71. The number of Topliss-reactive ketones (excluding diaryl/α,β-unsaturated/α-hetero) is 1. The normalized spacial score (nSPS) is 16.7. The predicted octanol–water partition coefficient (Wildman–Crippen LogP) is 5.90. The summed E-state index contributed by atoms with van der Waals surface area (Å²) in [6.45, 7) is 4.17. The maximum absolute atomic E-state index is 13.4. The molecule has 1 aliphatic rings. The Morgan fingerprint density at radius 3 is 2.38 bits per heavy atom. The number of hydrogen-bond acceptors (Lipinski definition) is 5. The third-order valence-electron chi connectivity index (χ3n) is 6.51. The van der Waals surface area contributed by atoms with Gasteiger partial charge in [0.05, 0.1) is 11.6 Å². The number of carbonyl (C=O) groups excluding carboxylic acids is 2. The number of nitrogens with zero attached hydrogens (tertiary/aromatic N) is 2. The van der Waals surface area contributed by atoms with Crippen LogP contribution in [0.2, 0.25) is 0 Å². The summed E-state index contributed by atoms with van der Waals surface area (Å²) >= 11 is 0. The fourth-order valence-electron chi connectivity index (χ4n) is 4.62. The summed E-state index contributed by atoms with van der Waals surface area (Å²) in [7, 11) is 0. The van der Waals surface area contributed by atoms with Crippen LogP contribution in [-0.4, -0.2) is 21.8 Å². The standard InChI is InChI=1S/C31H26N2O4/c1-20-9-6-7-13-25(20)33-28(24-12-8-16-32-18-24)27(30(35)31(33)36)29(34)23-14-15-26(21(2)17-23)37-19-22-10-4-3-5-11-22/h3-18,28,34H,19H2,1-2H3/b29-27-. The van der Waals surface area contributed by atoms with Gasteiger partial charge in [0.25, 0.3) is 11.7 Å². The molecule has 3 aromatic carbocycles. The first-order chi connectivity index (χ1) is 18.0. The number of ketones is 1. The first kappa shape index (κ1) is 24.0. The van der Waals surface area contributed by atoms with Gasteiger partial charge in [0, 0.05) is 23.6 Å². The zero-order chi connectivity index (χ0) is 25.9. The lowest BCUT2D eigenvalue weighted by atomic mass is 9.95. The zero-order valence-corrected chi connectivity index (χ0v) is 20.6. The van der Waals surface area contributed by atoms with E-state index >= 15 is 0 Å². The van der Waals surface area contributed by atoms with E-state index in [1.165, 1.54) is 4.90 Å². The van der Waals surface area contributed by atoms with Crippen molar-refractivity contribution in [3.63, 3.8) is 0 Å². The van der Waals surface area contributed by atoms with Crippen LogP contribution in [0.4, 0.5) is 5.69 Å². The van der Waals surface area contributed by atoms with Crippen LogP contribution in [0, 0.1) is 13.8 Å². The number of hydrogen-bond donors (Lipinski definition) is 1. The van der Waals surface area contributed by atoms with Crippen LogP contribution in [0.25, 0.3) is 5.76 Å². The molecular formula is C31H26N2O4. The molecule has 0 radical (unpaired) electrons. The van der Waals surface area contributed by atoms with E-state index in [1.807, 2.05) is 62.4 Å². The maximum atomic E-state index is 13.4. The molecule has 1 unspecified atom stereocenters. The monoisotopic (exact) mass is 490 g/mol. The van der Waals surface area contributed by atoms with Crippen molar-refractivity contribution >= 4 is 23.1 Å². The molecule has 4 aromatic rings. The van der Waals surface area contributed by atoms with E-state index in [1.54, 1.807) is 48.8 Å². The second-order valence-corrected chi connectivity index (χ2v) is 9.00. The van der Waals surface area contributed by atoms with Gasteiger partial charge in [-0.15, -0.1) is 0 Å². The van der Waals surface area contributed by atoms with Crippen LogP contribution in [0.1, 0.15) is 33.9 Å². The molecular weight excluding hydrogens is 464 g/mol. The van der Waals surface area contributed by atoms with Gasteiger partial charge < -0.3 is 9.84 Å². The summed E-state index contributed by atoms with van der Waals surface area (Å²) < 4.78 is 5.96. The van der Waals surface area contributed by atoms with E-state index in [9.17, 15) is 14.7 Å². The van der Waals surface area contributed by atoms with Crippen molar-refractivity contribution in [2.45, 2.75) is 26.5 Å². The van der Waals surface area contributed by atoms with Gasteiger partial charge in [0.15, 0.2) is 0 Å². The fraction of sp³-hybridized carbons (Fsp3) is 0.129. The molecule has 2 heterocycles. The van der Waals surface area contributed by atoms with Gasteiger partial charge in [-0.25, -0.2) is 0 Å². The molecule has 184 valence electrons. The Morgan fingerprint density at radius 1 is 0.919 bits per heavy atom. The number of aliphatic hydroxyl groups excluding tert-OH is 1. The Kier molecular flexibility index (Phi) is 6.56. The lowest BCUT2D eigenvalue weighted by Gasteiger charge is -2.26. The minimum Gasteiger partial charge on any atom is -0.507 e. The summed E-state index contributed by atoms with van der Waals surface area (Å²) in [5, 5.41) is 11.4. The van der Waals surface area contributed by atoms with Crippen molar-refractivity contribution in [3.8, 4) is 5.75 Å². The molecule has 0 saturated carbocycles. The third kappa shape index (κ3) is 4.61. The molecule has 1 aromatic heterocycles. The van der Waals surface area contributed by atoms with Gasteiger partial charge in [-0.1, -0.05) is 54.6 Å². The Labute approximate surface area is 215 Å². The molecule has 1 amide bonds. The topological polar surface area (TPSA) is 79.7 Å². The van der Waals surface area contributed by atoms with E-state index in [0.717, 1.165) is 16.7 Å². The molecule has 37 heavy (non-hydrogen) atoms. The van der Waals surface area contributed by atoms with Gasteiger partial charge in [-0.05, 0) is 66.4 Å². The molecule has 1 atom stereocenters. The summed E-state index contributed by atoms with van der Waals surface area (Å²) in [6.07, 6.45) is 3.24. The van der Waals surface area contributed by atoms with Gasteiger partial charge in [-0.3, -0.25) is 19.5 Å². The molecule has 0 bridgehead atoms. The molecule has 6 heteroatoms. The second kappa shape index (κ2) is 10.1. The van der Waals surface area contributed by atoms with Crippen molar-refractivity contribution in [2.75, 3.05) is 4.90 Å². The van der Waals surface area contributed by atoms with Crippen LogP contribution in [0.15, 0.2) is 103 Å². The van der Waals surface area contributed by atoms with Crippen molar-refractivity contribution in [2.24, 2.45) is 0 Å². The van der Waals surface area contributed by atoms with E-state index < -0.39 is 17.7 Å². The minimum absolute atomic E-state index is 0.0265. The van der Waals surface area contributed by atoms with Gasteiger partial charge >= 0.3 is 0 Å². The van der Waals surface area contributed by atoms with Gasteiger partial charge in [0.2, 0.25) is 0 Å². The summed E-state index contributed by atoms with van der Waals surface area (Å²) in [5.41, 5.74) is 4.38. The van der Waals surface area contributed by atoms with E-state index in [-0.39, 0.29) is 11.3 Å². The number of rotatable bonds is 6. The lowest BCUT2D eigenvalue weighted by Crippen LogP contribution is -2.30.